The van der Waals surface area contributed by atoms with E-state index in [1.807, 2.05) is 6.07 Å². The molecule has 1 unspecified atom stereocenters. The van der Waals surface area contributed by atoms with Crippen LogP contribution in [0.4, 0.5) is 5.82 Å². The molecule has 1 aliphatic heterocycles. The molecule has 2 aliphatic rings. The van der Waals surface area contributed by atoms with Gasteiger partial charge in [-0.2, -0.15) is 0 Å². The molecule has 8 nitrogen and oxygen atoms in total. The molecule has 1 atom stereocenters. The predicted molar refractivity (Wildman–Crippen MR) is 109 cm³/mol. The number of aliphatic hydroxyl groups excluding tert-OH is 2. The van der Waals surface area contributed by atoms with Crippen LogP contribution in [0.2, 0.25) is 0 Å². The lowest BCUT2D eigenvalue weighted by atomic mass is 9.83. The van der Waals surface area contributed by atoms with Gasteiger partial charge >= 0.3 is 0 Å². The Labute approximate surface area is 165 Å². The minimum Gasteiger partial charge on any atom is -0.511 e. The predicted octanol–water partition coefficient (Wildman–Crippen LogP) is 0.603. The number of pyridine rings is 1. The van der Waals surface area contributed by atoms with E-state index in [1.165, 1.54) is 6.21 Å². The van der Waals surface area contributed by atoms with Crippen molar-refractivity contribution >= 4 is 17.8 Å². The number of carbonyl (C=O) groups excluding carboxylic acids is 1. The van der Waals surface area contributed by atoms with Gasteiger partial charge in [0.25, 0.3) is 0 Å². The second-order valence-corrected chi connectivity index (χ2v) is 7.35. The van der Waals surface area contributed by atoms with Gasteiger partial charge in [-0.25, -0.2) is 4.98 Å². The highest BCUT2D eigenvalue weighted by Gasteiger charge is 2.28. The normalized spacial score (nSPS) is 22.3. The maximum Gasteiger partial charge on any atom is 0.168 e. The molecule has 4 N–H and O–H groups in total. The van der Waals surface area contributed by atoms with Crippen LogP contribution >= 0.6 is 0 Å². The SMILES string of the molecule is Nc1ccc(C2CC(=O)C(C=NCCN3CCN(CCO)CC3)=C(O)C2)cn1. The summed E-state index contributed by atoms with van der Waals surface area (Å²) < 4.78 is 0. The smallest absolute Gasteiger partial charge is 0.168 e. The summed E-state index contributed by atoms with van der Waals surface area (Å²) in [5.74, 6) is 0.368. The number of carbonyl (C=O) groups is 1. The first-order valence-corrected chi connectivity index (χ1v) is 9.79. The van der Waals surface area contributed by atoms with Crippen LogP contribution in [-0.2, 0) is 4.79 Å². The van der Waals surface area contributed by atoms with Gasteiger partial charge in [-0.1, -0.05) is 6.07 Å². The molecule has 1 aromatic rings. The summed E-state index contributed by atoms with van der Waals surface area (Å²) in [5, 5.41) is 19.3. The maximum absolute atomic E-state index is 12.5. The number of anilines is 1. The Kier molecular flexibility index (Phi) is 7.13. The van der Waals surface area contributed by atoms with E-state index in [2.05, 4.69) is 19.8 Å². The van der Waals surface area contributed by atoms with Gasteiger partial charge < -0.3 is 15.9 Å². The van der Waals surface area contributed by atoms with Gasteiger partial charge in [0.2, 0.25) is 0 Å². The van der Waals surface area contributed by atoms with Gasteiger partial charge in [-0.3, -0.25) is 19.6 Å². The summed E-state index contributed by atoms with van der Waals surface area (Å²) in [6.45, 7) is 6.17. The van der Waals surface area contributed by atoms with Crippen LogP contribution in [0.3, 0.4) is 0 Å². The monoisotopic (exact) mass is 387 g/mol. The van der Waals surface area contributed by atoms with Crippen LogP contribution in [0.25, 0.3) is 0 Å². The van der Waals surface area contributed by atoms with Gasteiger partial charge in [0.1, 0.15) is 11.6 Å². The zero-order chi connectivity index (χ0) is 19.9. The minimum atomic E-state index is -0.0908. The van der Waals surface area contributed by atoms with Gasteiger partial charge in [0.15, 0.2) is 5.78 Å². The maximum atomic E-state index is 12.5. The number of hydrogen-bond acceptors (Lipinski definition) is 8. The van der Waals surface area contributed by atoms with Crippen LogP contribution in [0.5, 0.6) is 0 Å². The number of allylic oxidation sites excluding steroid dienone is 2. The molecule has 1 aliphatic carbocycles. The molecule has 1 fully saturated rings. The first-order valence-electron chi connectivity index (χ1n) is 9.79. The number of nitrogen functional groups attached to an aromatic ring is 1. The summed E-state index contributed by atoms with van der Waals surface area (Å²) in [5.41, 5.74) is 6.84. The lowest BCUT2D eigenvalue weighted by molar-refractivity contribution is -0.116. The summed E-state index contributed by atoms with van der Waals surface area (Å²) >= 11 is 0. The Bertz CT molecular complexity index is 724. The van der Waals surface area contributed by atoms with Gasteiger partial charge in [-0.15, -0.1) is 0 Å². The second-order valence-electron chi connectivity index (χ2n) is 7.35. The number of ketones is 1. The standard InChI is InChI=1S/C20H29N5O3/c21-20-2-1-15(13-23-20)16-11-18(27)17(19(28)12-16)14-22-3-4-24-5-7-25(8-6-24)9-10-26/h1-2,13-14,16,26-27H,3-12H2,(H2,21,23). The van der Waals surface area contributed by atoms with Crippen LogP contribution in [0.1, 0.15) is 24.3 Å². The van der Waals surface area contributed by atoms with Crippen molar-refractivity contribution in [2.45, 2.75) is 18.8 Å². The van der Waals surface area contributed by atoms with Crippen LogP contribution in [-0.4, -0.2) is 89.4 Å². The third kappa shape index (κ3) is 5.37. The number of piperazine rings is 1. The van der Waals surface area contributed by atoms with E-state index in [0.717, 1.165) is 44.8 Å². The van der Waals surface area contributed by atoms with Crippen molar-refractivity contribution in [3.8, 4) is 0 Å². The van der Waals surface area contributed by atoms with E-state index in [-0.39, 0.29) is 24.1 Å². The number of aromatic nitrogens is 1. The summed E-state index contributed by atoms with van der Waals surface area (Å²) in [4.78, 5) is 25.5. The number of nitrogens with two attached hydrogens (primary N) is 1. The average molecular weight is 387 g/mol. The molecule has 1 saturated heterocycles. The Balaban J connectivity index is 1.49. The van der Waals surface area contributed by atoms with Gasteiger partial charge in [0, 0.05) is 64.5 Å². The second kappa shape index (κ2) is 9.77. The molecule has 0 radical (unpaired) electrons. The van der Waals surface area contributed by atoms with Gasteiger partial charge in [-0.05, 0) is 17.5 Å². The average Bonchev–Trinajstić information content (AvgIpc) is 2.68. The topological polar surface area (TPSA) is 115 Å². The van der Waals surface area contributed by atoms with Crippen LogP contribution < -0.4 is 5.73 Å². The third-order valence-corrected chi connectivity index (χ3v) is 5.41. The quantitative estimate of drug-likeness (QED) is 0.587. The van der Waals surface area contributed by atoms with Gasteiger partial charge in [0.05, 0.1) is 18.7 Å². The highest BCUT2D eigenvalue weighted by atomic mass is 16.3. The number of nitrogens with zero attached hydrogens (tertiary/aromatic N) is 4. The van der Waals surface area contributed by atoms with Crippen molar-refractivity contribution in [1.82, 2.24) is 14.8 Å². The van der Waals surface area contributed by atoms with Crippen LogP contribution in [0.15, 0.2) is 34.7 Å². The zero-order valence-electron chi connectivity index (χ0n) is 16.1. The molecular weight excluding hydrogens is 358 g/mol. The van der Waals surface area contributed by atoms with Crippen molar-refractivity contribution in [3.05, 3.63) is 35.2 Å². The molecule has 8 heteroatoms. The fraction of sp³-hybridized carbons (Fsp3) is 0.550. The van der Waals surface area contributed by atoms with E-state index >= 15 is 0 Å². The summed E-state index contributed by atoms with van der Waals surface area (Å²) in [7, 11) is 0. The number of aliphatic imine (C=N–C) groups is 1. The lowest BCUT2D eigenvalue weighted by Crippen LogP contribution is -2.47. The Morgan fingerprint density at radius 2 is 1.89 bits per heavy atom. The fourth-order valence-corrected chi connectivity index (χ4v) is 3.68. The molecule has 0 saturated carbocycles. The van der Waals surface area contributed by atoms with Crippen molar-refractivity contribution in [1.29, 1.82) is 0 Å². The molecule has 1 aromatic heterocycles. The number of β-amino-alcohol motifs (C(OH)–C–C–N with tert-alkyl or cyclic N) is 1. The van der Waals surface area contributed by atoms with Crippen molar-refractivity contribution in [2.75, 3.05) is 58.2 Å². The zero-order valence-corrected chi connectivity index (χ0v) is 16.1. The first kappa shape index (κ1) is 20.4. The molecule has 28 heavy (non-hydrogen) atoms. The van der Waals surface area contributed by atoms with E-state index in [1.54, 1.807) is 12.3 Å². The van der Waals surface area contributed by atoms with Crippen molar-refractivity contribution in [2.24, 2.45) is 4.99 Å². The number of rotatable bonds is 7. The molecule has 0 spiro atoms. The summed E-state index contributed by atoms with van der Waals surface area (Å²) in [6.07, 6.45) is 3.94. The number of aliphatic hydroxyl groups is 2. The molecule has 0 bridgehead atoms. The first-order chi connectivity index (χ1) is 13.6. The van der Waals surface area contributed by atoms with Crippen molar-refractivity contribution < 1.29 is 15.0 Å². The lowest BCUT2D eigenvalue weighted by Gasteiger charge is -2.33. The van der Waals surface area contributed by atoms with E-state index in [4.69, 9.17) is 10.8 Å². The molecule has 0 aromatic carbocycles. The Morgan fingerprint density at radius 3 is 2.50 bits per heavy atom. The van der Waals surface area contributed by atoms with Crippen LogP contribution in [0, 0.1) is 0 Å². The third-order valence-electron chi connectivity index (χ3n) is 5.41. The molecule has 0 amide bonds. The molecule has 3 rings (SSSR count). The van der Waals surface area contributed by atoms with E-state index in [9.17, 15) is 9.90 Å². The van der Waals surface area contributed by atoms with E-state index < -0.39 is 0 Å². The number of hydrogen-bond donors (Lipinski definition) is 3. The highest BCUT2D eigenvalue weighted by Crippen LogP contribution is 2.32. The minimum absolute atomic E-state index is 0.0760. The largest absolute Gasteiger partial charge is 0.511 e. The summed E-state index contributed by atoms with van der Waals surface area (Å²) in [6, 6.07) is 3.56. The molecule has 152 valence electrons. The Morgan fingerprint density at radius 1 is 1.18 bits per heavy atom. The highest BCUT2D eigenvalue weighted by molar-refractivity contribution is 6.14. The molecule has 2 heterocycles. The van der Waals surface area contributed by atoms with Crippen molar-refractivity contribution in [3.63, 3.8) is 0 Å². The van der Waals surface area contributed by atoms with E-state index in [0.29, 0.717) is 30.8 Å². The number of Topliss-reactive ketones (excluding diaryl/α,β-unsaturated/α-hetero) is 1. The fourth-order valence-electron chi connectivity index (χ4n) is 3.68. The Hall–Kier alpha value is -2.29. The molecular formula is C20H29N5O3.